The molecular formula is C27H37N3O3S. The fourth-order valence-electron chi connectivity index (χ4n) is 4.94. The Hall–Kier alpha value is -2.38. The van der Waals surface area contributed by atoms with Gasteiger partial charge >= 0.3 is 0 Å². The van der Waals surface area contributed by atoms with Gasteiger partial charge in [0.05, 0.1) is 10.6 Å². The minimum absolute atomic E-state index is 0.00107. The Bertz CT molecular complexity index is 1110. The van der Waals surface area contributed by atoms with Crippen LogP contribution in [0.4, 0.5) is 5.69 Å². The number of anilines is 1. The van der Waals surface area contributed by atoms with Crippen molar-refractivity contribution < 1.29 is 13.2 Å². The average molecular weight is 484 g/mol. The summed E-state index contributed by atoms with van der Waals surface area (Å²) < 4.78 is 25.4. The monoisotopic (exact) mass is 483 g/mol. The summed E-state index contributed by atoms with van der Waals surface area (Å²) in [5, 5.41) is 2.99. The summed E-state index contributed by atoms with van der Waals surface area (Å²) in [5.41, 5.74) is 4.96. The Morgan fingerprint density at radius 2 is 1.79 bits per heavy atom. The SMILES string of the molecule is Cc1cccc(N2CCN(CCC(C)NC(=O)CCS(=O)(=O)c3ccc4c(c3)CCC4)CC2)c1. The average Bonchev–Trinajstić information content (AvgIpc) is 3.30. The van der Waals surface area contributed by atoms with E-state index in [0.717, 1.165) is 64.0 Å². The predicted octanol–water partition coefficient (Wildman–Crippen LogP) is 3.36. The number of sulfone groups is 1. The highest BCUT2D eigenvalue weighted by Gasteiger charge is 2.21. The zero-order chi connectivity index (χ0) is 24.1. The van der Waals surface area contributed by atoms with E-state index >= 15 is 0 Å². The third-order valence-electron chi connectivity index (χ3n) is 7.05. The topological polar surface area (TPSA) is 69.7 Å². The number of fused-ring (bicyclic) bond motifs is 1. The number of rotatable bonds is 9. The molecule has 1 N–H and O–H groups in total. The lowest BCUT2D eigenvalue weighted by Gasteiger charge is -2.36. The van der Waals surface area contributed by atoms with Crippen molar-refractivity contribution in [3.8, 4) is 0 Å². The molecule has 6 nitrogen and oxygen atoms in total. The highest BCUT2D eigenvalue weighted by atomic mass is 32.2. The Labute approximate surface area is 204 Å². The Morgan fingerprint density at radius 1 is 1.03 bits per heavy atom. The molecule has 1 saturated heterocycles. The molecule has 0 bridgehead atoms. The molecule has 0 saturated carbocycles. The van der Waals surface area contributed by atoms with E-state index in [1.165, 1.54) is 16.8 Å². The Morgan fingerprint density at radius 3 is 2.56 bits per heavy atom. The summed E-state index contributed by atoms with van der Waals surface area (Å²) in [6, 6.07) is 14.1. The van der Waals surface area contributed by atoms with E-state index < -0.39 is 9.84 Å². The lowest BCUT2D eigenvalue weighted by Crippen LogP contribution is -2.47. The van der Waals surface area contributed by atoms with Crippen LogP contribution < -0.4 is 10.2 Å². The van der Waals surface area contributed by atoms with Crippen LogP contribution >= 0.6 is 0 Å². The molecule has 2 aromatic carbocycles. The van der Waals surface area contributed by atoms with Crippen molar-refractivity contribution in [2.75, 3.05) is 43.4 Å². The van der Waals surface area contributed by atoms with Gasteiger partial charge in [0.2, 0.25) is 5.91 Å². The molecular weight excluding hydrogens is 446 g/mol. The second-order valence-corrected chi connectivity index (χ2v) is 11.9. The third-order valence-corrected chi connectivity index (χ3v) is 8.77. The van der Waals surface area contributed by atoms with Gasteiger partial charge in [-0.2, -0.15) is 0 Å². The lowest BCUT2D eigenvalue weighted by atomic mass is 10.1. The maximum atomic E-state index is 12.7. The van der Waals surface area contributed by atoms with Crippen LogP contribution in [0.2, 0.25) is 0 Å². The number of carbonyl (C=O) groups is 1. The van der Waals surface area contributed by atoms with Crippen LogP contribution in [-0.4, -0.2) is 63.7 Å². The van der Waals surface area contributed by atoms with Gasteiger partial charge in [-0.05, 0) is 80.5 Å². The number of carbonyl (C=O) groups excluding carboxylic acids is 1. The summed E-state index contributed by atoms with van der Waals surface area (Å²) in [6.07, 6.45) is 3.91. The number of nitrogens with zero attached hydrogens (tertiary/aromatic N) is 2. The molecule has 4 rings (SSSR count). The molecule has 34 heavy (non-hydrogen) atoms. The highest BCUT2D eigenvalue weighted by molar-refractivity contribution is 7.91. The molecule has 1 amide bonds. The normalized spacial score (nSPS) is 17.4. The van der Waals surface area contributed by atoms with Crippen LogP contribution in [0.15, 0.2) is 47.4 Å². The van der Waals surface area contributed by atoms with Crippen molar-refractivity contribution in [1.29, 1.82) is 0 Å². The zero-order valence-corrected chi connectivity index (χ0v) is 21.2. The van der Waals surface area contributed by atoms with Crippen LogP contribution in [-0.2, 0) is 27.5 Å². The number of hydrogen-bond donors (Lipinski definition) is 1. The van der Waals surface area contributed by atoms with E-state index in [9.17, 15) is 13.2 Å². The molecule has 7 heteroatoms. The van der Waals surface area contributed by atoms with Crippen molar-refractivity contribution in [3.05, 3.63) is 59.2 Å². The van der Waals surface area contributed by atoms with E-state index in [4.69, 9.17) is 0 Å². The van der Waals surface area contributed by atoms with Gasteiger partial charge in [0.25, 0.3) is 0 Å². The number of benzene rings is 2. The maximum absolute atomic E-state index is 12.7. The van der Waals surface area contributed by atoms with Crippen LogP contribution in [0, 0.1) is 6.92 Å². The maximum Gasteiger partial charge on any atom is 0.221 e. The molecule has 1 aliphatic carbocycles. The molecule has 0 aromatic heterocycles. The van der Waals surface area contributed by atoms with Gasteiger partial charge in [0, 0.05) is 50.9 Å². The number of amides is 1. The number of aryl methyl sites for hydroxylation is 3. The smallest absolute Gasteiger partial charge is 0.221 e. The van der Waals surface area contributed by atoms with E-state index in [1.54, 1.807) is 12.1 Å². The molecule has 2 aliphatic rings. The van der Waals surface area contributed by atoms with Gasteiger partial charge in [-0.25, -0.2) is 8.42 Å². The molecule has 1 unspecified atom stereocenters. The van der Waals surface area contributed by atoms with Gasteiger partial charge in [0.15, 0.2) is 9.84 Å². The van der Waals surface area contributed by atoms with Crippen LogP contribution in [0.25, 0.3) is 0 Å². The highest BCUT2D eigenvalue weighted by Crippen LogP contribution is 2.25. The first-order chi connectivity index (χ1) is 16.3. The minimum Gasteiger partial charge on any atom is -0.369 e. The van der Waals surface area contributed by atoms with Crippen LogP contribution in [0.5, 0.6) is 0 Å². The molecule has 0 spiro atoms. The number of nitrogens with one attached hydrogen (secondary N) is 1. The standard InChI is InChI=1S/C27H37N3O3S/c1-21-5-3-8-25(19-21)30-16-14-29(15-17-30)13-11-22(2)28-27(31)12-18-34(32,33)26-10-9-23-6-4-7-24(23)20-26/h3,5,8-10,19-20,22H,4,6-7,11-18H2,1-2H3,(H,28,31). The predicted molar refractivity (Wildman–Crippen MR) is 137 cm³/mol. The van der Waals surface area contributed by atoms with Gasteiger partial charge in [0.1, 0.15) is 0 Å². The lowest BCUT2D eigenvalue weighted by molar-refractivity contribution is -0.121. The fourth-order valence-corrected chi connectivity index (χ4v) is 6.22. The Kier molecular flexibility index (Phi) is 7.94. The first-order valence-corrected chi connectivity index (χ1v) is 14.1. The summed E-state index contributed by atoms with van der Waals surface area (Å²) in [4.78, 5) is 17.6. The van der Waals surface area contributed by atoms with Crippen molar-refractivity contribution in [3.63, 3.8) is 0 Å². The van der Waals surface area contributed by atoms with Crippen molar-refractivity contribution in [1.82, 2.24) is 10.2 Å². The van der Waals surface area contributed by atoms with Gasteiger partial charge in [-0.3, -0.25) is 9.69 Å². The molecule has 1 atom stereocenters. The summed E-state index contributed by atoms with van der Waals surface area (Å²) >= 11 is 0. The molecule has 1 fully saturated rings. The first kappa shape index (κ1) is 24.7. The zero-order valence-electron chi connectivity index (χ0n) is 20.4. The summed E-state index contributed by atoms with van der Waals surface area (Å²) in [7, 11) is -3.45. The van der Waals surface area contributed by atoms with Crippen molar-refractivity contribution in [2.24, 2.45) is 0 Å². The van der Waals surface area contributed by atoms with Gasteiger partial charge < -0.3 is 10.2 Å². The summed E-state index contributed by atoms with van der Waals surface area (Å²) in [6.45, 7) is 9.07. The van der Waals surface area contributed by atoms with Crippen LogP contribution in [0.3, 0.4) is 0 Å². The minimum atomic E-state index is -3.45. The molecule has 1 heterocycles. The third kappa shape index (κ3) is 6.39. The van der Waals surface area contributed by atoms with Crippen molar-refractivity contribution >= 4 is 21.4 Å². The van der Waals surface area contributed by atoms with Crippen LogP contribution in [0.1, 0.15) is 42.9 Å². The first-order valence-electron chi connectivity index (χ1n) is 12.5. The summed E-state index contributed by atoms with van der Waals surface area (Å²) in [5.74, 6) is -0.341. The van der Waals surface area contributed by atoms with E-state index in [0.29, 0.717) is 4.90 Å². The van der Waals surface area contributed by atoms with Gasteiger partial charge in [-0.15, -0.1) is 0 Å². The Balaban J connectivity index is 1.17. The number of piperazine rings is 1. The van der Waals surface area contributed by atoms with E-state index in [2.05, 4.69) is 46.3 Å². The molecule has 0 radical (unpaired) electrons. The van der Waals surface area contributed by atoms with E-state index in [1.807, 2.05) is 13.0 Å². The second-order valence-electron chi connectivity index (χ2n) is 9.78. The second kappa shape index (κ2) is 10.9. The largest absolute Gasteiger partial charge is 0.369 e. The fraction of sp³-hybridized carbons (Fsp3) is 0.519. The molecule has 1 aliphatic heterocycles. The van der Waals surface area contributed by atoms with Crippen molar-refractivity contribution in [2.45, 2.75) is 56.9 Å². The van der Waals surface area contributed by atoms with Gasteiger partial charge in [-0.1, -0.05) is 18.2 Å². The molecule has 2 aromatic rings. The molecule has 184 valence electrons. The van der Waals surface area contributed by atoms with E-state index in [-0.39, 0.29) is 24.1 Å². The quantitative estimate of drug-likeness (QED) is 0.592. The number of hydrogen-bond acceptors (Lipinski definition) is 5.